The number of rotatable bonds is 9. The molecule has 0 fully saturated rings. The molecule has 0 aliphatic rings. The van der Waals surface area contributed by atoms with E-state index in [1.165, 1.54) is 0 Å². The number of hydrogen-bond donors (Lipinski definition) is 2. The van der Waals surface area contributed by atoms with Crippen LogP contribution < -0.4 is 5.73 Å². The third-order valence-corrected chi connectivity index (χ3v) is 2.34. The summed E-state index contributed by atoms with van der Waals surface area (Å²) in [6.07, 6.45) is 0.332. The topological polar surface area (TPSA) is 97.4 Å². The third-order valence-electron chi connectivity index (χ3n) is 2.34. The van der Waals surface area contributed by atoms with Crippen LogP contribution in [0.5, 0.6) is 0 Å². The van der Waals surface area contributed by atoms with Crippen LogP contribution in [0.2, 0.25) is 0 Å². The number of nitrogens with two attached hydrogens (primary N) is 1. The molecule has 0 aromatic heterocycles. The van der Waals surface area contributed by atoms with Crippen molar-refractivity contribution >= 4 is 11.7 Å². The van der Waals surface area contributed by atoms with Crippen molar-refractivity contribution in [3.8, 4) is 0 Å². The zero-order valence-corrected chi connectivity index (χ0v) is 11.3. The van der Waals surface area contributed by atoms with Gasteiger partial charge in [-0.25, -0.2) is 0 Å². The molecular weight excluding hydrogens is 238 g/mol. The van der Waals surface area contributed by atoms with Crippen molar-refractivity contribution in [1.29, 1.82) is 0 Å². The summed E-state index contributed by atoms with van der Waals surface area (Å²) in [4.78, 5) is 13.5. The van der Waals surface area contributed by atoms with Gasteiger partial charge >= 0.3 is 0 Å². The van der Waals surface area contributed by atoms with Crippen LogP contribution >= 0.6 is 0 Å². The number of hydrogen-bond acceptors (Lipinski definition) is 5. The molecule has 0 aliphatic carbocycles. The van der Waals surface area contributed by atoms with Gasteiger partial charge in [0.15, 0.2) is 0 Å². The molecular formula is C11H23N3O4. The minimum absolute atomic E-state index is 0.0116. The van der Waals surface area contributed by atoms with Crippen molar-refractivity contribution in [3.63, 3.8) is 0 Å². The number of amides is 1. The SMILES string of the molecule is COCCOCC(=O)N(CCC(N)=NO)C(C)C. The second-order valence-electron chi connectivity index (χ2n) is 4.07. The number of methoxy groups -OCH3 is 1. The van der Waals surface area contributed by atoms with E-state index in [1.54, 1.807) is 12.0 Å². The fourth-order valence-corrected chi connectivity index (χ4v) is 1.34. The number of carbonyl (C=O) groups excluding carboxylic acids is 1. The van der Waals surface area contributed by atoms with E-state index in [2.05, 4.69) is 5.16 Å². The molecule has 0 aliphatic heterocycles. The van der Waals surface area contributed by atoms with Crippen molar-refractivity contribution in [1.82, 2.24) is 4.90 Å². The van der Waals surface area contributed by atoms with Crippen molar-refractivity contribution in [2.45, 2.75) is 26.3 Å². The Hall–Kier alpha value is -1.34. The Morgan fingerprint density at radius 1 is 1.44 bits per heavy atom. The Labute approximate surface area is 108 Å². The highest BCUT2D eigenvalue weighted by Crippen LogP contribution is 2.01. The fourth-order valence-electron chi connectivity index (χ4n) is 1.34. The maximum atomic E-state index is 11.9. The Balaban J connectivity index is 4.11. The second-order valence-corrected chi connectivity index (χ2v) is 4.07. The molecule has 0 heterocycles. The monoisotopic (exact) mass is 261 g/mol. The van der Waals surface area contributed by atoms with E-state index in [-0.39, 0.29) is 24.4 Å². The van der Waals surface area contributed by atoms with Gasteiger partial charge in [0.05, 0.1) is 13.2 Å². The van der Waals surface area contributed by atoms with Gasteiger partial charge < -0.3 is 25.3 Å². The molecule has 0 radical (unpaired) electrons. The van der Waals surface area contributed by atoms with Crippen molar-refractivity contribution in [2.24, 2.45) is 10.9 Å². The van der Waals surface area contributed by atoms with Crippen LogP contribution in [0.3, 0.4) is 0 Å². The summed E-state index contributed by atoms with van der Waals surface area (Å²) in [5, 5.41) is 11.3. The quantitative estimate of drug-likeness (QED) is 0.200. The minimum atomic E-state index is -0.119. The molecule has 0 rings (SSSR count). The molecule has 7 nitrogen and oxygen atoms in total. The van der Waals surface area contributed by atoms with E-state index in [0.717, 1.165) is 0 Å². The van der Waals surface area contributed by atoms with Gasteiger partial charge in [0.25, 0.3) is 0 Å². The van der Waals surface area contributed by atoms with E-state index >= 15 is 0 Å². The molecule has 3 N–H and O–H groups in total. The van der Waals surface area contributed by atoms with Gasteiger partial charge in [0.1, 0.15) is 12.4 Å². The largest absolute Gasteiger partial charge is 0.409 e. The molecule has 0 saturated carbocycles. The summed E-state index contributed by atoms with van der Waals surface area (Å²) in [7, 11) is 1.57. The van der Waals surface area contributed by atoms with Gasteiger partial charge in [-0.15, -0.1) is 0 Å². The Morgan fingerprint density at radius 3 is 2.61 bits per heavy atom. The van der Waals surface area contributed by atoms with Crippen LogP contribution in [0, 0.1) is 0 Å². The molecule has 0 aromatic carbocycles. The first-order valence-corrected chi connectivity index (χ1v) is 5.85. The van der Waals surface area contributed by atoms with Gasteiger partial charge in [-0.1, -0.05) is 5.16 Å². The average molecular weight is 261 g/mol. The number of nitrogens with zero attached hydrogens (tertiary/aromatic N) is 2. The van der Waals surface area contributed by atoms with Crippen LogP contribution in [0.15, 0.2) is 5.16 Å². The van der Waals surface area contributed by atoms with E-state index in [0.29, 0.717) is 26.2 Å². The highest BCUT2D eigenvalue weighted by Gasteiger charge is 2.17. The lowest BCUT2D eigenvalue weighted by molar-refractivity contribution is -0.138. The van der Waals surface area contributed by atoms with Gasteiger partial charge in [0.2, 0.25) is 5.91 Å². The average Bonchev–Trinajstić information content (AvgIpc) is 2.34. The molecule has 1 amide bonds. The highest BCUT2D eigenvalue weighted by atomic mass is 16.5. The lowest BCUT2D eigenvalue weighted by Crippen LogP contribution is -2.41. The zero-order chi connectivity index (χ0) is 14.0. The van der Waals surface area contributed by atoms with E-state index in [4.69, 9.17) is 20.4 Å². The summed E-state index contributed by atoms with van der Waals surface area (Å²) in [6.45, 7) is 5.06. The second kappa shape index (κ2) is 9.67. The highest BCUT2D eigenvalue weighted by molar-refractivity contribution is 5.81. The van der Waals surface area contributed by atoms with Crippen LogP contribution in [0.4, 0.5) is 0 Å². The van der Waals surface area contributed by atoms with Gasteiger partial charge in [-0.05, 0) is 13.8 Å². The first kappa shape index (κ1) is 16.7. The first-order valence-electron chi connectivity index (χ1n) is 5.85. The molecule has 7 heteroatoms. The molecule has 106 valence electrons. The number of oxime groups is 1. The zero-order valence-electron chi connectivity index (χ0n) is 11.3. The molecule has 18 heavy (non-hydrogen) atoms. The van der Waals surface area contributed by atoms with Gasteiger partial charge in [-0.3, -0.25) is 4.79 Å². The summed E-state index contributed by atoms with van der Waals surface area (Å²) in [5.41, 5.74) is 5.38. The summed E-state index contributed by atoms with van der Waals surface area (Å²) in [6, 6.07) is 0.0371. The Bertz CT molecular complexity index is 269. The van der Waals surface area contributed by atoms with Crippen LogP contribution in [0.25, 0.3) is 0 Å². The van der Waals surface area contributed by atoms with Crippen LogP contribution in [-0.2, 0) is 14.3 Å². The predicted molar refractivity (Wildman–Crippen MR) is 67.6 cm³/mol. The number of carbonyl (C=O) groups is 1. The van der Waals surface area contributed by atoms with Crippen molar-refractivity contribution in [2.75, 3.05) is 33.5 Å². The van der Waals surface area contributed by atoms with Crippen LogP contribution in [0.1, 0.15) is 20.3 Å². The molecule has 0 unspecified atom stereocenters. The standard InChI is InChI=1S/C11H23N3O4/c1-9(2)14(5-4-10(12)13-16)11(15)8-18-7-6-17-3/h9,16H,4-8H2,1-3H3,(H2,12,13). The number of amidine groups is 1. The summed E-state index contributed by atoms with van der Waals surface area (Å²) < 4.78 is 9.99. The first-order chi connectivity index (χ1) is 8.52. The van der Waals surface area contributed by atoms with Crippen molar-refractivity contribution in [3.05, 3.63) is 0 Å². The Morgan fingerprint density at radius 2 is 2.11 bits per heavy atom. The minimum Gasteiger partial charge on any atom is -0.409 e. The lowest BCUT2D eigenvalue weighted by Gasteiger charge is -2.26. The molecule has 0 bridgehead atoms. The lowest BCUT2D eigenvalue weighted by atomic mass is 10.2. The summed E-state index contributed by atoms with van der Waals surface area (Å²) in [5.74, 6) is -0.0133. The Kier molecular flexibility index (Phi) is 8.95. The van der Waals surface area contributed by atoms with E-state index in [1.807, 2.05) is 13.8 Å². The molecule has 0 spiro atoms. The maximum Gasteiger partial charge on any atom is 0.248 e. The van der Waals surface area contributed by atoms with Gasteiger partial charge in [0, 0.05) is 26.1 Å². The normalized spacial score (nSPS) is 11.9. The van der Waals surface area contributed by atoms with Crippen LogP contribution in [-0.4, -0.2) is 61.4 Å². The smallest absolute Gasteiger partial charge is 0.248 e. The van der Waals surface area contributed by atoms with Crippen molar-refractivity contribution < 1.29 is 19.5 Å². The van der Waals surface area contributed by atoms with E-state index < -0.39 is 0 Å². The van der Waals surface area contributed by atoms with Gasteiger partial charge in [-0.2, -0.15) is 0 Å². The third kappa shape index (κ3) is 7.08. The molecule has 0 atom stereocenters. The molecule has 0 aromatic rings. The fraction of sp³-hybridized carbons (Fsp3) is 0.818. The predicted octanol–water partition coefficient (Wildman–Crippen LogP) is 0.0229. The maximum absolute atomic E-state index is 11.9. The summed E-state index contributed by atoms with van der Waals surface area (Å²) >= 11 is 0. The number of ether oxygens (including phenoxy) is 2. The molecule has 0 saturated heterocycles. The van der Waals surface area contributed by atoms with E-state index in [9.17, 15) is 4.79 Å².